The molecule has 0 aliphatic heterocycles. The summed E-state index contributed by atoms with van der Waals surface area (Å²) in [6, 6.07) is 5.20. The predicted octanol–water partition coefficient (Wildman–Crippen LogP) is 5.15. The molecule has 21 heavy (non-hydrogen) atoms. The summed E-state index contributed by atoms with van der Waals surface area (Å²) in [4.78, 5) is 0.902. The molecule has 1 aromatic heterocycles. The van der Waals surface area contributed by atoms with Crippen molar-refractivity contribution in [3.63, 3.8) is 0 Å². The molecule has 1 atom stereocenters. The van der Waals surface area contributed by atoms with E-state index in [0.29, 0.717) is 11.1 Å². The normalized spacial score (nSPS) is 13.5. The van der Waals surface area contributed by atoms with Crippen molar-refractivity contribution in [1.82, 2.24) is 5.43 Å². The molecule has 1 unspecified atom stereocenters. The van der Waals surface area contributed by atoms with Crippen molar-refractivity contribution in [2.75, 3.05) is 0 Å². The molecule has 0 aliphatic carbocycles. The van der Waals surface area contributed by atoms with E-state index in [1.54, 1.807) is 6.92 Å². The summed E-state index contributed by atoms with van der Waals surface area (Å²) in [7, 11) is 0. The van der Waals surface area contributed by atoms with Crippen molar-refractivity contribution in [2.45, 2.75) is 19.1 Å². The number of rotatable bonds is 3. The Morgan fingerprint density at radius 2 is 1.90 bits per heavy atom. The standard InChI is InChI=1S/C13H11Br2F3N2S/c1-6-4-7(13(16,17)18)2-3-8(6)11(20-19)10-5-9(14)12(15)21-10/h2-5,11,20H,19H2,1H3. The van der Waals surface area contributed by atoms with Gasteiger partial charge in [-0.15, -0.1) is 11.3 Å². The molecular weight excluding hydrogens is 433 g/mol. The zero-order valence-corrected chi connectivity index (χ0v) is 14.8. The van der Waals surface area contributed by atoms with Crippen molar-refractivity contribution in [1.29, 1.82) is 0 Å². The molecule has 2 aromatic rings. The maximum atomic E-state index is 12.7. The molecule has 2 nitrogen and oxygen atoms in total. The second-order valence-electron chi connectivity index (χ2n) is 4.44. The number of thiophene rings is 1. The highest BCUT2D eigenvalue weighted by Crippen LogP contribution is 2.39. The van der Waals surface area contributed by atoms with Crippen LogP contribution in [0.3, 0.4) is 0 Å². The minimum atomic E-state index is -4.34. The third-order valence-corrected chi connectivity index (χ3v) is 6.34. The van der Waals surface area contributed by atoms with Gasteiger partial charge in [-0.25, -0.2) is 5.43 Å². The summed E-state index contributed by atoms with van der Waals surface area (Å²) >= 11 is 8.25. The highest BCUT2D eigenvalue weighted by molar-refractivity contribution is 9.13. The fraction of sp³-hybridized carbons (Fsp3) is 0.231. The number of benzene rings is 1. The second-order valence-corrected chi connectivity index (χ2v) is 7.70. The fourth-order valence-corrected chi connectivity index (χ4v) is 4.18. The largest absolute Gasteiger partial charge is 0.416 e. The van der Waals surface area contributed by atoms with Gasteiger partial charge in [0.1, 0.15) is 0 Å². The molecule has 0 saturated carbocycles. The molecule has 8 heteroatoms. The lowest BCUT2D eigenvalue weighted by Crippen LogP contribution is -2.28. The average Bonchev–Trinajstić information content (AvgIpc) is 2.71. The van der Waals surface area contributed by atoms with E-state index in [1.165, 1.54) is 17.4 Å². The number of hydrogen-bond donors (Lipinski definition) is 2. The Kier molecular flexibility index (Phi) is 5.15. The lowest BCUT2D eigenvalue weighted by molar-refractivity contribution is -0.137. The van der Waals surface area contributed by atoms with E-state index in [0.717, 1.165) is 25.3 Å². The number of nitrogens with two attached hydrogens (primary N) is 1. The quantitative estimate of drug-likeness (QED) is 0.508. The molecule has 0 aliphatic rings. The predicted molar refractivity (Wildman–Crippen MR) is 85.1 cm³/mol. The number of halogens is 5. The monoisotopic (exact) mass is 442 g/mol. The number of hydrazine groups is 1. The lowest BCUT2D eigenvalue weighted by Gasteiger charge is -2.18. The molecule has 3 N–H and O–H groups in total. The van der Waals surface area contributed by atoms with Gasteiger partial charge in [0, 0.05) is 9.35 Å². The fourth-order valence-electron chi connectivity index (χ4n) is 2.01. The summed E-state index contributed by atoms with van der Waals surface area (Å²) in [5.74, 6) is 5.59. The maximum absolute atomic E-state index is 12.7. The van der Waals surface area contributed by atoms with Crippen LogP contribution in [0, 0.1) is 6.92 Å². The Hall–Kier alpha value is -0.410. The zero-order valence-electron chi connectivity index (χ0n) is 10.8. The minimum absolute atomic E-state index is 0.361. The Balaban J connectivity index is 2.43. The topological polar surface area (TPSA) is 38.0 Å². The van der Waals surface area contributed by atoms with Crippen LogP contribution in [0.15, 0.2) is 32.5 Å². The molecule has 0 bridgehead atoms. The Morgan fingerprint density at radius 1 is 1.24 bits per heavy atom. The lowest BCUT2D eigenvalue weighted by atomic mass is 9.98. The van der Waals surface area contributed by atoms with Gasteiger partial charge in [-0.1, -0.05) is 6.07 Å². The van der Waals surface area contributed by atoms with E-state index in [1.807, 2.05) is 6.07 Å². The van der Waals surface area contributed by atoms with E-state index in [2.05, 4.69) is 37.3 Å². The Labute approximate surface area is 140 Å². The molecular formula is C13H11Br2F3N2S. The summed E-state index contributed by atoms with van der Waals surface area (Å²) in [5, 5.41) is 0. The van der Waals surface area contributed by atoms with Crippen LogP contribution in [0.25, 0.3) is 0 Å². The maximum Gasteiger partial charge on any atom is 0.416 e. The highest BCUT2D eigenvalue weighted by Gasteiger charge is 2.31. The molecule has 114 valence electrons. The summed E-state index contributed by atoms with van der Waals surface area (Å²) in [6.07, 6.45) is -4.34. The van der Waals surface area contributed by atoms with E-state index in [-0.39, 0.29) is 6.04 Å². The third-order valence-electron chi connectivity index (χ3n) is 3.02. The van der Waals surface area contributed by atoms with Crippen molar-refractivity contribution in [2.24, 2.45) is 5.84 Å². The van der Waals surface area contributed by atoms with Crippen LogP contribution in [-0.2, 0) is 6.18 Å². The van der Waals surface area contributed by atoms with Gasteiger partial charge in [0.2, 0.25) is 0 Å². The van der Waals surface area contributed by atoms with E-state index < -0.39 is 11.7 Å². The average molecular weight is 444 g/mol. The molecule has 0 saturated heterocycles. The van der Waals surface area contributed by atoms with Crippen LogP contribution in [0.1, 0.15) is 27.6 Å². The molecule has 1 heterocycles. The van der Waals surface area contributed by atoms with Gasteiger partial charge in [-0.3, -0.25) is 5.84 Å². The van der Waals surface area contributed by atoms with Crippen LogP contribution in [0.2, 0.25) is 0 Å². The molecule has 0 spiro atoms. The van der Waals surface area contributed by atoms with Crippen molar-refractivity contribution < 1.29 is 13.2 Å². The van der Waals surface area contributed by atoms with Gasteiger partial charge in [-0.05, 0) is 68.1 Å². The van der Waals surface area contributed by atoms with Gasteiger partial charge < -0.3 is 0 Å². The summed E-state index contributed by atoms with van der Waals surface area (Å²) in [6.45, 7) is 1.65. The number of nitrogens with one attached hydrogen (secondary N) is 1. The number of alkyl halides is 3. The van der Waals surface area contributed by atoms with Gasteiger partial charge in [-0.2, -0.15) is 13.2 Å². The first-order chi connectivity index (χ1) is 9.74. The van der Waals surface area contributed by atoms with Crippen molar-refractivity contribution in [3.05, 3.63) is 54.1 Å². The minimum Gasteiger partial charge on any atom is -0.271 e. The van der Waals surface area contributed by atoms with Crippen LogP contribution in [-0.4, -0.2) is 0 Å². The number of aryl methyl sites for hydroxylation is 1. The number of hydrogen-bond acceptors (Lipinski definition) is 3. The first-order valence-corrected chi connectivity index (χ1v) is 8.23. The van der Waals surface area contributed by atoms with Gasteiger partial charge in [0.05, 0.1) is 15.4 Å². The van der Waals surface area contributed by atoms with Crippen molar-refractivity contribution >= 4 is 43.2 Å². The summed E-state index contributed by atoms with van der Waals surface area (Å²) < 4.78 is 39.9. The summed E-state index contributed by atoms with van der Waals surface area (Å²) in [5.41, 5.74) is 3.25. The first-order valence-electron chi connectivity index (χ1n) is 5.82. The zero-order chi connectivity index (χ0) is 15.8. The molecule has 0 fully saturated rings. The second kappa shape index (κ2) is 6.37. The molecule has 2 rings (SSSR count). The van der Waals surface area contributed by atoms with Gasteiger partial charge in [0.25, 0.3) is 0 Å². The molecule has 0 amide bonds. The third kappa shape index (κ3) is 3.68. The van der Waals surface area contributed by atoms with Crippen LogP contribution >= 0.6 is 43.2 Å². The van der Waals surface area contributed by atoms with Crippen LogP contribution < -0.4 is 11.3 Å². The van der Waals surface area contributed by atoms with E-state index in [9.17, 15) is 13.2 Å². The molecule has 1 aromatic carbocycles. The van der Waals surface area contributed by atoms with E-state index in [4.69, 9.17) is 5.84 Å². The van der Waals surface area contributed by atoms with Crippen molar-refractivity contribution in [3.8, 4) is 0 Å². The van der Waals surface area contributed by atoms with E-state index >= 15 is 0 Å². The Bertz CT molecular complexity index is 636. The van der Waals surface area contributed by atoms with Crippen LogP contribution in [0.5, 0.6) is 0 Å². The Morgan fingerprint density at radius 3 is 2.33 bits per heavy atom. The van der Waals surface area contributed by atoms with Gasteiger partial charge in [0.15, 0.2) is 0 Å². The van der Waals surface area contributed by atoms with Gasteiger partial charge >= 0.3 is 6.18 Å². The molecule has 0 radical (unpaired) electrons. The van der Waals surface area contributed by atoms with Crippen LogP contribution in [0.4, 0.5) is 13.2 Å². The first kappa shape index (κ1) is 17.0. The smallest absolute Gasteiger partial charge is 0.271 e. The SMILES string of the molecule is Cc1cc(C(F)(F)F)ccc1C(NN)c1cc(Br)c(Br)s1. The highest BCUT2D eigenvalue weighted by atomic mass is 79.9.